The lowest BCUT2D eigenvalue weighted by Gasteiger charge is -2.26. The van der Waals surface area contributed by atoms with Gasteiger partial charge in [-0.3, -0.25) is 9.13 Å². The molecule has 0 saturated heterocycles. The van der Waals surface area contributed by atoms with Crippen molar-refractivity contribution in [3.8, 4) is 17.4 Å². The fourth-order valence-electron chi connectivity index (χ4n) is 4.46. The summed E-state index contributed by atoms with van der Waals surface area (Å²) in [6.07, 6.45) is -3.08. The first kappa shape index (κ1) is 21.3. The third-order valence-electron chi connectivity index (χ3n) is 5.94. The van der Waals surface area contributed by atoms with E-state index in [1.165, 1.54) is 29.0 Å². The standard InChI is InChI=1S/C23H16F4N6O2/c24-12-5-6-14-15(9-12)30-20(29-14)19-28-10-17-21(31-19)33(22(34)32(17)11-23(25,26)27)16-7-8-35-18-4-2-1-3-13(16)18/h1-6,9-10,16H,7-8,11H2,(H,29,30)/t16-/m0/s1. The summed E-state index contributed by atoms with van der Waals surface area (Å²) in [5.74, 6) is 0.357. The number of para-hydroxylation sites is 1. The lowest BCUT2D eigenvalue weighted by Crippen LogP contribution is -2.33. The van der Waals surface area contributed by atoms with Crippen LogP contribution in [0, 0.1) is 5.82 Å². The van der Waals surface area contributed by atoms with E-state index in [0.717, 1.165) is 0 Å². The first-order chi connectivity index (χ1) is 16.8. The molecule has 0 aliphatic carbocycles. The van der Waals surface area contributed by atoms with Crippen LogP contribution in [0.2, 0.25) is 0 Å². The lowest BCUT2D eigenvalue weighted by atomic mass is 10.0. The minimum Gasteiger partial charge on any atom is -0.493 e. The number of hydrogen-bond acceptors (Lipinski definition) is 5. The molecule has 8 nitrogen and oxygen atoms in total. The Labute approximate surface area is 193 Å². The van der Waals surface area contributed by atoms with Crippen LogP contribution in [0.25, 0.3) is 33.8 Å². The van der Waals surface area contributed by atoms with Crippen molar-refractivity contribution in [3.05, 3.63) is 70.5 Å². The van der Waals surface area contributed by atoms with Crippen molar-refractivity contribution in [1.82, 2.24) is 29.1 Å². The number of ether oxygens (including phenoxy) is 1. The second kappa shape index (κ2) is 7.65. The van der Waals surface area contributed by atoms with Crippen LogP contribution in [0.5, 0.6) is 5.75 Å². The molecule has 3 aromatic heterocycles. The monoisotopic (exact) mass is 484 g/mol. The molecule has 1 atom stereocenters. The zero-order valence-corrected chi connectivity index (χ0v) is 17.9. The van der Waals surface area contributed by atoms with Gasteiger partial charge in [-0.1, -0.05) is 18.2 Å². The van der Waals surface area contributed by atoms with Crippen molar-refractivity contribution in [3.63, 3.8) is 0 Å². The summed E-state index contributed by atoms with van der Waals surface area (Å²) >= 11 is 0. The van der Waals surface area contributed by atoms with Crippen molar-refractivity contribution in [1.29, 1.82) is 0 Å². The first-order valence-corrected chi connectivity index (χ1v) is 10.7. The predicted molar refractivity (Wildman–Crippen MR) is 118 cm³/mol. The molecular formula is C23H16F4N6O2. The quantitative estimate of drug-likeness (QED) is 0.388. The summed E-state index contributed by atoms with van der Waals surface area (Å²) < 4.78 is 61.2. The van der Waals surface area contributed by atoms with E-state index >= 15 is 0 Å². The number of fused-ring (bicyclic) bond motifs is 3. The highest BCUT2D eigenvalue weighted by Crippen LogP contribution is 2.35. The zero-order chi connectivity index (χ0) is 24.3. The molecule has 2 aromatic carbocycles. The molecule has 6 rings (SSSR count). The Hall–Kier alpha value is -4.22. The molecule has 0 saturated carbocycles. The summed E-state index contributed by atoms with van der Waals surface area (Å²) in [7, 11) is 0. The zero-order valence-electron chi connectivity index (χ0n) is 17.9. The van der Waals surface area contributed by atoms with E-state index in [4.69, 9.17) is 4.74 Å². The summed E-state index contributed by atoms with van der Waals surface area (Å²) in [4.78, 5) is 29.3. The van der Waals surface area contributed by atoms with Crippen molar-refractivity contribution in [2.24, 2.45) is 0 Å². The van der Waals surface area contributed by atoms with Crippen LogP contribution in [0.4, 0.5) is 17.6 Å². The van der Waals surface area contributed by atoms with E-state index in [2.05, 4.69) is 19.9 Å². The Morgan fingerprint density at radius 1 is 1.14 bits per heavy atom. The molecule has 0 unspecified atom stereocenters. The smallest absolute Gasteiger partial charge is 0.406 e. The van der Waals surface area contributed by atoms with Crippen LogP contribution in [0.15, 0.2) is 53.5 Å². The Kier molecular flexibility index (Phi) is 4.66. The molecule has 178 valence electrons. The van der Waals surface area contributed by atoms with E-state index < -0.39 is 30.3 Å². The Balaban J connectivity index is 1.58. The number of aromatic nitrogens is 6. The van der Waals surface area contributed by atoms with Gasteiger partial charge in [0.25, 0.3) is 0 Å². The van der Waals surface area contributed by atoms with E-state index in [1.807, 2.05) is 0 Å². The Morgan fingerprint density at radius 2 is 1.97 bits per heavy atom. The number of H-pyrrole nitrogens is 1. The maximum Gasteiger partial charge on any atom is 0.406 e. The maximum absolute atomic E-state index is 13.6. The van der Waals surface area contributed by atoms with Gasteiger partial charge in [0.15, 0.2) is 17.3 Å². The highest BCUT2D eigenvalue weighted by atomic mass is 19.4. The van der Waals surface area contributed by atoms with Gasteiger partial charge < -0.3 is 9.72 Å². The fourth-order valence-corrected chi connectivity index (χ4v) is 4.46. The van der Waals surface area contributed by atoms with Crippen LogP contribution >= 0.6 is 0 Å². The first-order valence-electron chi connectivity index (χ1n) is 10.7. The summed E-state index contributed by atoms with van der Waals surface area (Å²) in [6.45, 7) is -1.19. The second-order valence-electron chi connectivity index (χ2n) is 8.19. The van der Waals surface area contributed by atoms with Crippen LogP contribution in [-0.2, 0) is 6.54 Å². The summed E-state index contributed by atoms with van der Waals surface area (Å²) in [5, 5.41) is 0. The highest BCUT2D eigenvalue weighted by molar-refractivity contribution is 5.79. The molecule has 0 fully saturated rings. The van der Waals surface area contributed by atoms with Gasteiger partial charge in [-0.15, -0.1) is 0 Å². The fraction of sp³-hybridized carbons (Fsp3) is 0.217. The van der Waals surface area contributed by atoms with Crippen molar-refractivity contribution in [2.45, 2.75) is 25.2 Å². The van der Waals surface area contributed by atoms with Gasteiger partial charge in [0.2, 0.25) is 0 Å². The lowest BCUT2D eigenvalue weighted by molar-refractivity contribution is -0.140. The average molecular weight is 484 g/mol. The van der Waals surface area contributed by atoms with Crippen LogP contribution in [-0.4, -0.2) is 41.9 Å². The molecule has 1 N–H and O–H groups in total. The third-order valence-corrected chi connectivity index (χ3v) is 5.94. The molecule has 1 aliphatic rings. The van der Waals surface area contributed by atoms with Gasteiger partial charge >= 0.3 is 11.9 Å². The molecule has 0 spiro atoms. The second-order valence-corrected chi connectivity index (χ2v) is 8.19. The van der Waals surface area contributed by atoms with Crippen LogP contribution in [0.3, 0.4) is 0 Å². The number of alkyl halides is 3. The number of benzene rings is 2. The molecular weight excluding hydrogens is 468 g/mol. The average Bonchev–Trinajstić information content (AvgIpc) is 3.36. The van der Waals surface area contributed by atoms with Gasteiger partial charge in [-0.2, -0.15) is 13.2 Å². The van der Waals surface area contributed by atoms with Crippen molar-refractivity contribution >= 4 is 22.2 Å². The number of halogens is 4. The topological polar surface area (TPSA) is 90.6 Å². The number of nitrogens with one attached hydrogen (secondary N) is 1. The predicted octanol–water partition coefficient (Wildman–Crippen LogP) is 4.21. The molecule has 0 amide bonds. The van der Waals surface area contributed by atoms with Crippen LogP contribution < -0.4 is 10.4 Å². The summed E-state index contributed by atoms with van der Waals surface area (Å²) in [5.41, 5.74) is 0.688. The maximum atomic E-state index is 13.6. The highest BCUT2D eigenvalue weighted by Gasteiger charge is 2.34. The molecule has 0 radical (unpaired) electrons. The van der Waals surface area contributed by atoms with E-state index in [-0.39, 0.29) is 29.4 Å². The minimum atomic E-state index is -4.63. The minimum absolute atomic E-state index is 0.0394. The van der Waals surface area contributed by atoms with Gasteiger partial charge in [-0.05, 0) is 24.3 Å². The van der Waals surface area contributed by atoms with E-state index in [9.17, 15) is 22.4 Å². The van der Waals surface area contributed by atoms with E-state index in [1.54, 1.807) is 24.3 Å². The third kappa shape index (κ3) is 3.61. The van der Waals surface area contributed by atoms with Gasteiger partial charge in [0.05, 0.1) is 29.9 Å². The Morgan fingerprint density at radius 3 is 2.80 bits per heavy atom. The molecule has 4 heterocycles. The molecule has 0 bridgehead atoms. The number of rotatable bonds is 3. The largest absolute Gasteiger partial charge is 0.493 e. The number of hydrogen-bond donors (Lipinski definition) is 1. The molecule has 35 heavy (non-hydrogen) atoms. The van der Waals surface area contributed by atoms with E-state index in [0.29, 0.717) is 33.3 Å². The van der Waals surface area contributed by atoms with Crippen LogP contribution in [0.1, 0.15) is 18.0 Å². The molecule has 1 aliphatic heterocycles. The molecule has 12 heteroatoms. The summed E-state index contributed by atoms with van der Waals surface area (Å²) in [6, 6.07) is 10.5. The Bertz CT molecular complexity index is 1650. The van der Waals surface area contributed by atoms with Crippen molar-refractivity contribution in [2.75, 3.05) is 6.61 Å². The van der Waals surface area contributed by atoms with Gasteiger partial charge in [0, 0.05) is 12.0 Å². The number of nitrogens with zero attached hydrogens (tertiary/aromatic N) is 5. The van der Waals surface area contributed by atoms with Gasteiger partial charge in [-0.25, -0.2) is 24.1 Å². The number of aromatic amines is 1. The van der Waals surface area contributed by atoms with Gasteiger partial charge in [0.1, 0.15) is 23.6 Å². The normalized spacial score (nSPS) is 15.9. The number of imidazole rings is 2. The molecule has 5 aromatic rings. The SMILES string of the molecule is O=c1n(CC(F)(F)F)c2cnc(-c3nc4ccc(F)cc4[nH]3)nc2n1[C@H]1CCOc2ccccc21. The van der Waals surface area contributed by atoms with Crippen molar-refractivity contribution < 1.29 is 22.3 Å².